The number of rotatable bonds is 6. The SMILES string of the molecule is CCNC(=NCC1(c2ccc(OC)c(OC)c2)CCCCC1)N1CC[C@@H](O)C1. The molecule has 6 heteroatoms. The summed E-state index contributed by atoms with van der Waals surface area (Å²) in [6.07, 6.45) is 6.56. The summed E-state index contributed by atoms with van der Waals surface area (Å²) in [5.74, 6) is 2.47. The summed E-state index contributed by atoms with van der Waals surface area (Å²) >= 11 is 0. The number of aliphatic hydroxyl groups excluding tert-OH is 1. The van der Waals surface area contributed by atoms with Crippen molar-refractivity contribution in [1.82, 2.24) is 10.2 Å². The third kappa shape index (κ3) is 4.54. The minimum Gasteiger partial charge on any atom is -0.493 e. The van der Waals surface area contributed by atoms with Crippen molar-refractivity contribution in [1.29, 1.82) is 0 Å². The molecule has 2 N–H and O–H groups in total. The average Bonchev–Trinajstić information content (AvgIpc) is 3.17. The van der Waals surface area contributed by atoms with E-state index in [1.165, 1.54) is 24.8 Å². The van der Waals surface area contributed by atoms with Crippen LogP contribution in [0.5, 0.6) is 11.5 Å². The van der Waals surface area contributed by atoms with Crippen LogP contribution in [0.1, 0.15) is 51.0 Å². The highest BCUT2D eigenvalue weighted by Gasteiger charge is 2.35. The molecule has 0 unspecified atom stereocenters. The van der Waals surface area contributed by atoms with Crippen molar-refractivity contribution in [2.75, 3.05) is 40.4 Å². The second-order valence-electron chi connectivity index (χ2n) is 7.97. The second-order valence-corrected chi connectivity index (χ2v) is 7.97. The van der Waals surface area contributed by atoms with Gasteiger partial charge in [-0.2, -0.15) is 0 Å². The number of hydrogen-bond donors (Lipinski definition) is 2. The van der Waals surface area contributed by atoms with Crippen LogP contribution in [0, 0.1) is 0 Å². The maximum absolute atomic E-state index is 9.92. The molecule has 1 saturated carbocycles. The Hall–Kier alpha value is -1.95. The fourth-order valence-corrected chi connectivity index (χ4v) is 4.52. The van der Waals surface area contributed by atoms with Crippen molar-refractivity contribution in [3.63, 3.8) is 0 Å². The monoisotopic (exact) mass is 389 g/mol. The summed E-state index contributed by atoms with van der Waals surface area (Å²) in [5.41, 5.74) is 1.31. The highest BCUT2D eigenvalue weighted by atomic mass is 16.5. The first-order valence-electron chi connectivity index (χ1n) is 10.6. The number of benzene rings is 1. The topological polar surface area (TPSA) is 66.3 Å². The minimum atomic E-state index is -0.252. The van der Waals surface area contributed by atoms with Crippen LogP contribution in [0.25, 0.3) is 0 Å². The van der Waals surface area contributed by atoms with E-state index in [0.29, 0.717) is 6.54 Å². The molecular formula is C22H35N3O3. The summed E-state index contributed by atoms with van der Waals surface area (Å²) < 4.78 is 11.0. The molecule has 2 fully saturated rings. The molecular weight excluding hydrogens is 354 g/mol. The number of ether oxygens (including phenoxy) is 2. The third-order valence-corrected chi connectivity index (χ3v) is 6.14. The summed E-state index contributed by atoms with van der Waals surface area (Å²) in [6, 6.07) is 6.32. The van der Waals surface area contributed by atoms with E-state index in [1.807, 2.05) is 6.07 Å². The van der Waals surface area contributed by atoms with E-state index in [1.54, 1.807) is 14.2 Å². The molecule has 2 aliphatic rings. The molecule has 3 rings (SSSR count). The lowest BCUT2D eigenvalue weighted by Crippen LogP contribution is -2.42. The third-order valence-electron chi connectivity index (χ3n) is 6.14. The van der Waals surface area contributed by atoms with Gasteiger partial charge in [0.15, 0.2) is 17.5 Å². The van der Waals surface area contributed by atoms with Gasteiger partial charge in [-0.15, -0.1) is 0 Å². The van der Waals surface area contributed by atoms with E-state index in [2.05, 4.69) is 29.3 Å². The van der Waals surface area contributed by atoms with Gasteiger partial charge in [0.25, 0.3) is 0 Å². The molecule has 28 heavy (non-hydrogen) atoms. The summed E-state index contributed by atoms with van der Waals surface area (Å²) in [4.78, 5) is 7.23. The number of methoxy groups -OCH3 is 2. The van der Waals surface area contributed by atoms with E-state index in [4.69, 9.17) is 14.5 Å². The quantitative estimate of drug-likeness (QED) is 0.578. The molecule has 1 aromatic rings. The smallest absolute Gasteiger partial charge is 0.194 e. The van der Waals surface area contributed by atoms with Crippen LogP contribution in [-0.2, 0) is 5.41 Å². The minimum absolute atomic E-state index is 0.0246. The van der Waals surface area contributed by atoms with Crippen molar-refractivity contribution in [2.45, 2.75) is 57.0 Å². The van der Waals surface area contributed by atoms with Crippen LogP contribution in [0.4, 0.5) is 0 Å². The first-order chi connectivity index (χ1) is 13.6. The fourth-order valence-electron chi connectivity index (χ4n) is 4.52. The van der Waals surface area contributed by atoms with Crippen molar-refractivity contribution in [3.05, 3.63) is 23.8 Å². The molecule has 0 aromatic heterocycles. The number of aliphatic imine (C=N–C) groups is 1. The van der Waals surface area contributed by atoms with E-state index in [-0.39, 0.29) is 11.5 Å². The van der Waals surface area contributed by atoms with Gasteiger partial charge in [0, 0.05) is 25.0 Å². The number of guanidine groups is 1. The van der Waals surface area contributed by atoms with Crippen LogP contribution in [0.2, 0.25) is 0 Å². The molecule has 0 radical (unpaired) electrons. The largest absolute Gasteiger partial charge is 0.493 e. The zero-order valence-corrected chi connectivity index (χ0v) is 17.5. The maximum atomic E-state index is 9.92. The Labute approximate surface area is 168 Å². The Bertz CT molecular complexity index is 671. The molecule has 0 spiro atoms. The van der Waals surface area contributed by atoms with Crippen LogP contribution in [0.3, 0.4) is 0 Å². The van der Waals surface area contributed by atoms with Crippen molar-refractivity contribution < 1.29 is 14.6 Å². The number of nitrogens with zero attached hydrogens (tertiary/aromatic N) is 2. The Morgan fingerprint density at radius 1 is 1.21 bits per heavy atom. The van der Waals surface area contributed by atoms with Gasteiger partial charge in [-0.1, -0.05) is 25.3 Å². The summed E-state index contributed by atoms with van der Waals surface area (Å²) in [6.45, 7) is 5.19. The number of likely N-dealkylation sites (tertiary alicyclic amines) is 1. The fraction of sp³-hybridized carbons (Fsp3) is 0.682. The number of hydrogen-bond acceptors (Lipinski definition) is 4. The van der Waals surface area contributed by atoms with Crippen molar-refractivity contribution in [2.24, 2.45) is 4.99 Å². The lowest BCUT2D eigenvalue weighted by atomic mass is 9.69. The second kappa shape index (κ2) is 9.50. The van der Waals surface area contributed by atoms with Crippen molar-refractivity contribution in [3.8, 4) is 11.5 Å². The van der Waals surface area contributed by atoms with Gasteiger partial charge < -0.3 is 24.8 Å². The van der Waals surface area contributed by atoms with E-state index in [9.17, 15) is 5.11 Å². The van der Waals surface area contributed by atoms with Crippen LogP contribution in [0.15, 0.2) is 23.2 Å². The highest BCUT2D eigenvalue weighted by molar-refractivity contribution is 5.80. The molecule has 1 aliphatic heterocycles. The van der Waals surface area contributed by atoms with Gasteiger partial charge in [-0.3, -0.25) is 4.99 Å². The van der Waals surface area contributed by atoms with E-state index < -0.39 is 0 Å². The van der Waals surface area contributed by atoms with E-state index >= 15 is 0 Å². The number of nitrogens with one attached hydrogen (secondary N) is 1. The molecule has 0 bridgehead atoms. The molecule has 1 saturated heterocycles. The Morgan fingerprint density at radius 3 is 2.57 bits per heavy atom. The summed E-state index contributed by atoms with van der Waals surface area (Å²) in [7, 11) is 3.36. The molecule has 1 heterocycles. The van der Waals surface area contributed by atoms with Crippen LogP contribution >= 0.6 is 0 Å². The standard InChI is InChI=1S/C22H35N3O3/c1-4-23-21(25-13-10-18(26)15-25)24-16-22(11-6-5-7-12-22)17-8-9-19(27-2)20(14-17)28-3/h8-9,14,18,26H,4-7,10-13,15-16H2,1-3H3,(H,23,24)/t18-/m1/s1. The van der Waals surface area contributed by atoms with Gasteiger partial charge in [-0.05, 0) is 43.9 Å². The first-order valence-corrected chi connectivity index (χ1v) is 10.6. The zero-order valence-electron chi connectivity index (χ0n) is 17.5. The van der Waals surface area contributed by atoms with Crippen molar-refractivity contribution >= 4 is 5.96 Å². The van der Waals surface area contributed by atoms with Crippen LogP contribution < -0.4 is 14.8 Å². The number of β-amino-alcohol motifs (C(OH)–C–C–N with tert-alkyl or cyclic N) is 1. The average molecular weight is 390 g/mol. The van der Waals surface area contributed by atoms with Gasteiger partial charge >= 0.3 is 0 Å². The van der Waals surface area contributed by atoms with Gasteiger partial charge in [0.1, 0.15) is 0 Å². The Morgan fingerprint density at radius 2 is 1.96 bits per heavy atom. The normalized spacial score (nSPS) is 22.2. The lowest BCUT2D eigenvalue weighted by Gasteiger charge is -2.37. The zero-order chi connectivity index (χ0) is 20.0. The molecule has 6 nitrogen and oxygen atoms in total. The Kier molecular flexibility index (Phi) is 7.05. The molecule has 0 amide bonds. The highest BCUT2D eigenvalue weighted by Crippen LogP contribution is 2.42. The molecule has 1 atom stereocenters. The maximum Gasteiger partial charge on any atom is 0.194 e. The Balaban J connectivity index is 1.88. The predicted molar refractivity (Wildman–Crippen MR) is 112 cm³/mol. The van der Waals surface area contributed by atoms with Gasteiger partial charge in [-0.25, -0.2) is 0 Å². The van der Waals surface area contributed by atoms with Gasteiger partial charge in [0.2, 0.25) is 0 Å². The first kappa shape index (κ1) is 20.8. The lowest BCUT2D eigenvalue weighted by molar-refractivity contribution is 0.187. The predicted octanol–water partition coefficient (Wildman–Crippen LogP) is 2.94. The summed E-state index contributed by atoms with van der Waals surface area (Å²) in [5, 5.41) is 13.3. The molecule has 1 aromatic carbocycles. The number of aliphatic hydroxyl groups is 1. The van der Waals surface area contributed by atoms with Crippen LogP contribution in [-0.4, -0.2) is 62.5 Å². The van der Waals surface area contributed by atoms with E-state index in [0.717, 1.165) is 56.4 Å². The van der Waals surface area contributed by atoms with Gasteiger partial charge in [0.05, 0.1) is 26.9 Å². The molecule has 156 valence electrons. The molecule has 1 aliphatic carbocycles.